The number of nitrogens with one attached hydrogen (secondary N) is 2. The molecule has 36 heavy (non-hydrogen) atoms. The average Bonchev–Trinajstić information content (AvgIpc) is 2.83. The van der Waals surface area contributed by atoms with Crippen LogP contribution >= 0.6 is 0 Å². The third-order valence-electron chi connectivity index (χ3n) is 5.81. The van der Waals surface area contributed by atoms with Crippen LogP contribution in [0, 0.1) is 19.8 Å². The highest BCUT2D eigenvalue weighted by molar-refractivity contribution is 7.92. The van der Waals surface area contributed by atoms with E-state index < -0.39 is 10.0 Å². The molecule has 190 valence electrons. The summed E-state index contributed by atoms with van der Waals surface area (Å²) in [5.74, 6) is -0.301. The van der Waals surface area contributed by atoms with Crippen molar-refractivity contribution in [1.29, 1.82) is 0 Å². The molecule has 0 saturated carbocycles. The van der Waals surface area contributed by atoms with Crippen molar-refractivity contribution in [3.05, 3.63) is 94.5 Å². The molecule has 0 spiro atoms. The van der Waals surface area contributed by atoms with Crippen molar-refractivity contribution >= 4 is 33.2 Å². The van der Waals surface area contributed by atoms with Crippen molar-refractivity contribution in [1.82, 2.24) is 5.32 Å². The normalized spacial score (nSPS) is 11.3. The Morgan fingerprint density at radius 2 is 1.56 bits per heavy atom. The highest BCUT2D eigenvalue weighted by Gasteiger charge is 2.19. The van der Waals surface area contributed by atoms with Crippen molar-refractivity contribution in [2.75, 3.05) is 22.4 Å². The van der Waals surface area contributed by atoms with Crippen LogP contribution in [0.15, 0.2) is 66.7 Å². The molecule has 0 heterocycles. The minimum absolute atomic E-state index is 0.141. The van der Waals surface area contributed by atoms with Gasteiger partial charge in [-0.2, -0.15) is 0 Å². The average molecular weight is 508 g/mol. The van der Waals surface area contributed by atoms with Gasteiger partial charge in [-0.1, -0.05) is 44.2 Å². The SMILES string of the molecule is Cc1ccc(N(Cc2ccc(C(=O)Nc3ccccc3C(=O)NCC(C)C)cc2)S(C)(=O)=O)cc1C. The van der Waals surface area contributed by atoms with E-state index in [4.69, 9.17) is 0 Å². The van der Waals surface area contributed by atoms with E-state index in [1.54, 1.807) is 54.6 Å². The summed E-state index contributed by atoms with van der Waals surface area (Å²) < 4.78 is 26.4. The van der Waals surface area contributed by atoms with E-state index >= 15 is 0 Å². The Bertz CT molecular complexity index is 1350. The Hall–Kier alpha value is -3.65. The van der Waals surface area contributed by atoms with E-state index in [1.165, 1.54) is 10.6 Å². The summed E-state index contributed by atoms with van der Waals surface area (Å²) in [5, 5.41) is 5.68. The molecule has 0 aromatic heterocycles. The molecule has 0 aliphatic heterocycles. The summed E-state index contributed by atoms with van der Waals surface area (Å²) >= 11 is 0. The van der Waals surface area contributed by atoms with Gasteiger partial charge in [-0.05, 0) is 72.9 Å². The monoisotopic (exact) mass is 507 g/mol. The molecule has 0 bridgehead atoms. The Kier molecular flexibility index (Phi) is 8.53. The number of carbonyl (C=O) groups is 2. The maximum absolute atomic E-state index is 12.9. The lowest BCUT2D eigenvalue weighted by molar-refractivity contribution is 0.0950. The van der Waals surface area contributed by atoms with Crippen LogP contribution in [0.1, 0.15) is 51.3 Å². The van der Waals surface area contributed by atoms with Gasteiger partial charge in [-0.3, -0.25) is 13.9 Å². The standard InChI is InChI=1S/C28H33N3O4S/c1-19(2)17-29-28(33)25-8-6-7-9-26(25)30-27(32)23-13-11-22(12-14-23)18-31(36(5,34)35)24-15-10-20(3)21(4)16-24/h6-16,19H,17-18H2,1-5H3,(H,29,33)(H,30,32). The van der Waals surface area contributed by atoms with Crippen LogP contribution in [0.4, 0.5) is 11.4 Å². The van der Waals surface area contributed by atoms with Crippen LogP contribution in [0.5, 0.6) is 0 Å². The molecule has 7 nitrogen and oxygen atoms in total. The Morgan fingerprint density at radius 1 is 0.889 bits per heavy atom. The van der Waals surface area contributed by atoms with Crippen molar-refractivity contribution in [3.8, 4) is 0 Å². The quantitative estimate of drug-likeness (QED) is 0.430. The first kappa shape index (κ1) is 26.9. The summed E-state index contributed by atoms with van der Waals surface area (Å²) in [5.41, 5.74) is 4.63. The molecule has 2 N–H and O–H groups in total. The van der Waals surface area contributed by atoms with Crippen LogP contribution in [-0.4, -0.2) is 33.0 Å². The predicted molar refractivity (Wildman–Crippen MR) is 145 cm³/mol. The third kappa shape index (κ3) is 6.95. The summed E-state index contributed by atoms with van der Waals surface area (Å²) in [6, 6.07) is 19.2. The number of para-hydroxylation sites is 1. The van der Waals surface area contributed by atoms with Gasteiger partial charge in [0.15, 0.2) is 0 Å². The van der Waals surface area contributed by atoms with Gasteiger partial charge in [-0.25, -0.2) is 8.42 Å². The van der Waals surface area contributed by atoms with Crippen molar-refractivity contribution < 1.29 is 18.0 Å². The van der Waals surface area contributed by atoms with Crippen molar-refractivity contribution in [2.24, 2.45) is 5.92 Å². The number of hydrogen-bond acceptors (Lipinski definition) is 4. The van der Waals surface area contributed by atoms with E-state index in [2.05, 4.69) is 10.6 Å². The molecule has 0 aliphatic carbocycles. The lowest BCUT2D eigenvalue weighted by atomic mass is 10.1. The van der Waals surface area contributed by atoms with Gasteiger partial charge in [0.1, 0.15) is 0 Å². The van der Waals surface area contributed by atoms with Gasteiger partial charge < -0.3 is 10.6 Å². The van der Waals surface area contributed by atoms with Gasteiger partial charge in [0.2, 0.25) is 10.0 Å². The predicted octanol–water partition coefficient (Wildman–Crippen LogP) is 4.91. The zero-order chi connectivity index (χ0) is 26.5. The van der Waals surface area contributed by atoms with Gasteiger partial charge in [0.25, 0.3) is 11.8 Å². The van der Waals surface area contributed by atoms with E-state index in [0.29, 0.717) is 35.0 Å². The van der Waals surface area contributed by atoms with Crippen molar-refractivity contribution in [3.63, 3.8) is 0 Å². The molecular weight excluding hydrogens is 474 g/mol. The van der Waals surface area contributed by atoms with Crippen LogP contribution in [0.25, 0.3) is 0 Å². The first-order valence-corrected chi connectivity index (χ1v) is 13.6. The maximum Gasteiger partial charge on any atom is 0.255 e. The number of benzene rings is 3. The molecule has 3 aromatic rings. The van der Waals surface area contributed by atoms with E-state index in [9.17, 15) is 18.0 Å². The topological polar surface area (TPSA) is 95.6 Å². The molecular formula is C28H33N3O4S. The molecule has 0 unspecified atom stereocenters. The molecule has 8 heteroatoms. The molecule has 0 saturated heterocycles. The molecule has 0 atom stereocenters. The van der Waals surface area contributed by atoms with Gasteiger partial charge in [0.05, 0.1) is 29.7 Å². The summed E-state index contributed by atoms with van der Waals surface area (Å²) in [6.07, 6.45) is 1.18. The minimum Gasteiger partial charge on any atom is -0.352 e. The van der Waals surface area contributed by atoms with Crippen LogP contribution in [0.2, 0.25) is 0 Å². The number of nitrogens with zero attached hydrogens (tertiary/aromatic N) is 1. The van der Waals surface area contributed by atoms with E-state index in [-0.39, 0.29) is 18.4 Å². The summed E-state index contributed by atoms with van der Waals surface area (Å²) in [6.45, 7) is 8.61. The highest BCUT2D eigenvalue weighted by Crippen LogP contribution is 2.24. The molecule has 0 fully saturated rings. The van der Waals surface area contributed by atoms with E-state index in [1.807, 2.05) is 39.8 Å². The molecule has 3 aromatic carbocycles. The number of amides is 2. The van der Waals surface area contributed by atoms with Crippen LogP contribution in [-0.2, 0) is 16.6 Å². The molecule has 0 radical (unpaired) electrons. The van der Waals surface area contributed by atoms with Gasteiger partial charge in [0, 0.05) is 12.1 Å². The first-order chi connectivity index (χ1) is 17.0. The fourth-order valence-electron chi connectivity index (χ4n) is 3.58. The largest absolute Gasteiger partial charge is 0.352 e. The van der Waals surface area contributed by atoms with Crippen LogP contribution in [0.3, 0.4) is 0 Å². The number of hydrogen-bond donors (Lipinski definition) is 2. The zero-order valence-corrected chi connectivity index (χ0v) is 22.1. The number of aryl methyl sites for hydroxylation is 2. The van der Waals surface area contributed by atoms with Crippen LogP contribution < -0.4 is 14.9 Å². The Labute approximate surface area is 213 Å². The second-order valence-corrected chi connectivity index (χ2v) is 11.2. The molecule has 2 amide bonds. The summed E-state index contributed by atoms with van der Waals surface area (Å²) in [4.78, 5) is 25.4. The fourth-order valence-corrected chi connectivity index (χ4v) is 4.46. The molecule has 0 aliphatic rings. The van der Waals surface area contributed by atoms with Gasteiger partial charge in [-0.15, -0.1) is 0 Å². The molecule has 3 rings (SSSR count). The van der Waals surface area contributed by atoms with Gasteiger partial charge >= 0.3 is 0 Å². The van der Waals surface area contributed by atoms with E-state index in [0.717, 1.165) is 16.7 Å². The lowest BCUT2D eigenvalue weighted by Crippen LogP contribution is -2.29. The third-order valence-corrected chi connectivity index (χ3v) is 6.95. The number of rotatable bonds is 9. The summed E-state index contributed by atoms with van der Waals surface area (Å²) in [7, 11) is -3.52. The fraction of sp³-hybridized carbons (Fsp3) is 0.286. The number of anilines is 2. The van der Waals surface area contributed by atoms with Crippen molar-refractivity contribution in [2.45, 2.75) is 34.2 Å². The first-order valence-electron chi connectivity index (χ1n) is 11.8. The minimum atomic E-state index is -3.52. The Morgan fingerprint density at radius 3 is 2.17 bits per heavy atom. The second kappa shape index (κ2) is 11.4. The zero-order valence-electron chi connectivity index (χ0n) is 21.3. The number of sulfonamides is 1. The smallest absolute Gasteiger partial charge is 0.255 e. The maximum atomic E-state index is 12.9. The number of carbonyl (C=O) groups excluding carboxylic acids is 2. The highest BCUT2D eigenvalue weighted by atomic mass is 32.2. The Balaban J connectivity index is 1.76. The lowest BCUT2D eigenvalue weighted by Gasteiger charge is -2.23. The second-order valence-electron chi connectivity index (χ2n) is 9.34.